The number of carbonyl (C=O) groups excluding carboxylic acids is 1. The highest BCUT2D eigenvalue weighted by Gasteiger charge is 2.56. The zero-order valence-electron chi connectivity index (χ0n) is 16.0. The molecule has 0 spiro atoms. The van der Waals surface area contributed by atoms with Crippen LogP contribution in [0.25, 0.3) is 0 Å². The molecule has 1 heterocycles. The summed E-state index contributed by atoms with van der Waals surface area (Å²) in [6.45, 7) is 1.18. The number of nitro groups is 1. The molecule has 1 aromatic carbocycles. The lowest BCUT2D eigenvalue weighted by Gasteiger charge is -2.28. The molecular formula is C18H21F3N4O5. The van der Waals surface area contributed by atoms with E-state index in [0.717, 1.165) is 6.07 Å². The van der Waals surface area contributed by atoms with E-state index in [1.165, 1.54) is 31.2 Å². The number of benzene rings is 1. The fourth-order valence-electron chi connectivity index (χ4n) is 2.64. The zero-order chi connectivity index (χ0) is 22.4. The molecule has 0 aliphatic carbocycles. The summed E-state index contributed by atoms with van der Waals surface area (Å²) in [6, 6.07) is 7.55. The van der Waals surface area contributed by atoms with E-state index in [4.69, 9.17) is 4.42 Å². The van der Waals surface area contributed by atoms with E-state index in [2.05, 4.69) is 16.0 Å². The van der Waals surface area contributed by atoms with E-state index in [1.54, 1.807) is 6.07 Å². The second-order valence-corrected chi connectivity index (χ2v) is 6.40. The molecule has 0 fully saturated rings. The molecule has 2 rings (SSSR count). The lowest BCUT2D eigenvalue weighted by Crippen LogP contribution is -2.46. The molecule has 0 aliphatic heterocycles. The number of para-hydroxylation sites is 2. The Labute approximate surface area is 169 Å². The lowest BCUT2D eigenvalue weighted by molar-refractivity contribution is -0.384. The number of furan rings is 1. The standard InChI is InChI=1S/C18H21F3N4O5/c1-12-6-7-15(30-12)17(27,18(19,20)21)8-9-23-16(26)24-11-10-22-13-4-2-3-5-14(13)25(28)29/h2-7,22,27H,8-11H2,1H3,(H2,23,24,26). The van der Waals surface area contributed by atoms with Crippen molar-refractivity contribution in [2.45, 2.75) is 25.1 Å². The zero-order valence-corrected chi connectivity index (χ0v) is 16.0. The first-order valence-electron chi connectivity index (χ1n) is 8.89. The molecule has 1 atom stereocenters. The van der Waals surface area contributed by atoms with E-state index < -0.39 is 41.5 Å². The highest BCUT2D eigenvalue weighted by Crippen LogP contribution is 2.42. The summed E-state index contributed by atoms with van der Waals surface area (Å²) in [7, 11) is 0. The molecule has 0 radical (unpaired) electrons. The summed E-state index contributed by atoms with van der Waals surface area (Å²) in [4.78, 5) is 22.1. The van der Waals surface area contributed by atoms with Gasteiger partial charge in [-0.15, -0.1) is 0 Å². The number of aliphatic hydroxyl groups is 1. The van der Waals surface area contributed by atoms with Gasteiger partial charge in [-0.1, -0.05) is 12.1 Å². The number of nitro benzene ring substituents is 1. The second kappa shape index (κ2) is 9.48. The minimum Gasteiger partial charge on any atom is -0.463 e. The van der Waals surface area contributed by atoms with Crippen LogP contribution in [0.5, 0.6) is 0 Å². The van der Waals surface area contributed by atoms with Gasteiger partial charge >= 0.3 is 12.2 Å². The van der Waals surface area contributed by atoms with Crippen molar-refractivity contribution in [1.82, 2.24) is 10.6 Å². The summed E-state index contributed by atoms with van der Waals surface area (Å²) in [6.07, 6.45) is -5.84. The topological polar surface area (TPSA) is 130 Å². The summed E-state index contributed by atoms with van der Waals surface area (Å²) in [5.74, 6) is -0.437. The third kappa shape index (κ3) is 5.63. The number of hydrogen-bond acceptors (Lipinski definition) is 6. The molecule has 4 N–H and O–H groups in total. The van der Waals surface area contributed by atoms with Gasteiger partial charge in [0.05, 0.1) is 4.92 Å². The van der Waals surface area contributed by atoms with Crippen molar-refractivity contribution >= 4 is 17.4 Å². The van der Waals surface area contributed by atoms with Gasteiger partial charge in [0.1, 0.15) is 17.2 Å². The van der Waals surface area contributed by atoms with E-state index in [9.17, 15) is 33.2 Å². The maximum atomic E-state index is 13.3. The number of nitrogens with one attached hydrogen (secondary N) is 3. The highest BCUT2D eigenvalue weighted by atomic mass is 19.4. The van der Waals surface area contributed by atoms with Crippen molar-refractivity contribution in [1.29, 1.82) is 0 Å². The lowest BCUT2D eigenvalue weighted by atomic mass is 9.96. The average molecular weight is 430 g/mol. The Balaban J connectivity index is 1.80. The normalized spacial score (nSPS) is 13.4. The third-order valence-electron chi connectivity index (χ3n) is 4.22. The first kappa shape index (κ1) is 23.0. The van der Waals surface area contributed by atoms with Crippen LogP contribution in [0.1, 0.15) is 17.9 Å². The molecule has 2 aromatic rings. The van der Waals surface area contributed by atoms with Crippen LogP contribution >= 0.6 is 0 Å². The SMILES string of the molecule is Cc1ccc(C(O)(CCNC(=O)NCCNc2ccccc2[N+](=O)[O-])C(F)(F)F)o1. The quantitative estimate of drug-likeness (QED) is 0.275. The van der Waals surface area contributed by atoms with Crippen LogP contribution in [0.3, 0.4) is 0 Å². The van der Waals surface area contributed by atoms with E-state index in [-0.39, 0.29) is 30.2 Å². The van der Waals surface area contributed by atoms with Gasteiger partial charge in [-0.05, 0) is 25.1 Å². The van der Waals surface area contributed by atoms with Crippen molar-refractivity contribution in [2.24, 2.45) is 0 Å². The monoisotopic (exact) mass is 430 g/mol. The maximum Gasteiger partial charge on any atom is 0.424 e. The number of anilines is 1. The summed E-state index contributed by atoms with van der Waals surface area (Å²) < 4.78 is 44.9. The van der Waals surface area contributed by atoms with Crippen LogP contribution in [0.2, 0.25) is 0 Å². The van der Waals surface area contributed by atoms with Gasteiger partial charge in [0.25, 0.3) is 5.69 Å². The largest absolute Gasteiger partial charge is 0.463 e. The van der Waals surface area contributed by atoms with Gasteiger partial charge in [-0.2, -0.15) is 13.2 Å². The second-order valence-electron chi connectivity index (χ2n) is 6.40. The predicted octanol–water partition coefficient (Wildman–Crippen LogP) is 3.05. The molecule has 1 unspecified atom stereocenters. The predicted molar refractivity (Wildman–Crippen MR) is 101 cm³/mol. The van der Waals surface area contributed by atoms with Gasteiger partial charge < -0.3 is 25.5 Å². The molecule has 0 saturated carbocycles. The number of hydrogen-bond donors (Lipinski definition) is 4. The van der Waals surface area contributed by atoms with E-state index >= 15 is 0 Å². The Bertz CT molecular complexity index is 887. The Kier molecular flexibility index (Phi) is 7.27. The van der Waals surface area contributed by atoms with Crippen molar-refractivity contribution in [3.63, 3.8) is 0 Å². The molecule has 1 aromatic heterocycles. The number of rotatable bonds is 9. The fourth-order valence-corrected chi connectivity index (χ4v) is 2.64. The summed E-state index contributed by atoms with van der Waals surface area (Å²) in [5.41, 5.74) is -3.09. The number of halogens is 3. The van der Waals surface area contributed by atoms with Gasteiger partial charge in [-0.25, -0.2) is 4.79 Å². The van der Waals surface area contributed by atoms with Crippen LogP contribution in [0, 0.1) is 17.0 Å². The molecule has 30 heavy (non-hydrogen) atoms. The van der Waals surface area contributed by atoms with Crippen LogP contribution in [-0.4, -0.2) is 41.9 Å². The molecule has 9 nitrogen and oxygen atoms in total. The van der Waals surface area contributed by atoms with Crippen LogP contribution in [0.15, 0.2) is 40.8 Å². The number of carbonyl (C=O) groups is 1. The molecule has 12 heteroatoms. The number of urea groups is 1. The molecule has 0 saturated heterocycles. The minimum absolute atomic E-state index is 0.0544. The first-order valence-corrected chi connectivity index (χ1v) is 8.89. The van der Waals surface area contributed by atoms with Crippen LogP contribution in [0.4, 0.5) is 29.3 Å². The number of amides is 2. The van der Waals surface area contributed by atoms with Gasteiger partial charge in [-0.3, -0.25) is 10.1 Å². The van der Waals surface area contributed by atoms with Crippen molar-refractivity contribution in [3.05, 3.63) is 58.0 Å². The molecule has 0 aliphatic rings. The Morgan fingerprint density at radius 1 is 1.13 bits per heavy atom. The molecular weight excluding hydrogens is 409 g/mol. The number of nitrogens with zero attached hydrogens (tertiary/aromatic N) is 1. The minimum atomic E-state index is -5.00. The van der Waals surface area contributed by atoms with Gasteiger partial charge in [0, 0.05) is 32.1 Å². The molecule has 2 amide bonds. The highest BCUT2D eigenvalue weighted by molar-refractivity contribution is 5.73. The average Bonchev–Trinajstić information content (AvgIpc) is 3.11. The van der Waals surface area contributed by atoms with E-state index in [0.29, 0.717) is 0 Å². The molecule has 0 bridgehead atoms. The number of alkyl halides is 3. The van der Waals surface area contributed by atoms with Gasteiger partial charge in [0.15, 0.2) is 0 Å². The summed E-state index contributed by atoms with van der Waals surface area (Å²) >= 11 is 0. The van der Waals surface area contributed by atoms with Crippen LogP contribution < -0.4 is 16.0 Å². The van der Waals surface area contributed by atoms with Gasteiger partial charge in [0.2, 0.25) is 5.60 Å². The van der Waals surface area contributed by atoms with Crippen molar-refractivity contribution in [2.75, 3.05) is 25.0 Å². The molecule has 164 valence electrons. The third-order valence-corrected chi connectivity index (χ3v) is 4.22. The first-order chi connectivity index (χ1) is 14.0. The fraction of sp³-hybridized carbons (Fsp3) is 0.389. The van der Waals surface area contributed by atoms with E-state index in [1.807, 2.05) is 0 Å². The summed E-state index contributed by atoms with van der Waals surface area (Å²) in [5, 5.41) is 28.4. The van der Waals surface area contributed by atoms with Crippen LogP contribution in [-0.2, 0) is 5.60 Å². The number of aryl methyl sites for hydroxylation is 1. The smallest absolute Gasteiger partial charge is 0.424 e. The van der Waals surface area contributed by atoms with Crippen molar-refractivity contribution < 1.29 is 32.4 Å². The Hall–Kier alpha value is -3.28. The Morgan fingerprint density at radius 3 is 2.40 bits per heavy atom. The maximum absolute atomic E-state index is 13.3. The van der Waals surface area contributed by atoms with Crippen molar-refractivity contribution in [3.8, 4) is 0 Å². The Morgan fingerprint density at radius 2 is 1.80 bits per heavy atom.